The molecule has 4 heteroatoms. The molecule has 0 spiro atoms. The second-order valence-electron chi connectivity index (χ2n) is 10.3. The lowest BCUT2D eigenvalue weighted by atomic mass is 9.68. The number of fused-ring (bicyclic) bond motifs is 1. The highest BCUT2D eigenvalue weighted by Crippen LogP contribution is 2.43. The van der Waals surface area contributed by atoms with Crippen LogP contribution in [0.2, 0.25) is 0 Å². The third kappa shape index (κ3) is 6.42. The number of hydrogen-bond donors (Lipinski definition) is 0. The van der Waals surface area contributed by atoms with E-state index in [-0.39, 0.29) is 5.75 Å². The maximum Gasteiger partial charge on any atom is 0.573 e. The lowest BCUT2D eigenvalue weighted by molar-refractivity contribution is -0.274. The molecule has 0 amide bonds. The van der Waals surface area contributed by atoms with Crippen molar-refractivity contribution in [2.45, 2.75) is 90.3 Å². The van der Waals surface area contributed by atoms with Crippen molar-refractivity contribution in [1.82, 2.24) is 0 Å². The molecule has 2 saturated carbocycles. The van der Waals surface area contributed by atoms with E-state index in [4.69, 9.17) is 0 Å². The Balaban J connectivity index is 1.23. The van der Waals surface area contributed by atoms with Gasteiger partial charge in [0.15, 0.2) is 0 Å². The Bertz CT molecular complexity index is 859. The lowest BCUT2D eigenvalue weighted by Gasteiger charge is -2.38. The predicted molar refractivity (Wildman–Crippen MR) is 125 cm³/mol. The number of hydrogen-bond acceptors (Lipinski definition) is 1. The summed E-state index contributed by atoms with van der Waals surface area (Å²) in [7, 11) is 0. The van der Waals surface area contributed by atoms with Gasteiger partial charge >= 0.3 is 6.36 Å². The minimum absolute atomic E-state index is 0.159. The van der Waals surface area contributed by atoms with Gasteiger partial charge in [-0.1, -0.05) is 69.7 Å². The quantitative estimate of drug-likeness (QED) is 0.412. The van der Waals surface area contributed by atoms with Crippen LogP contribution in [0.15, 0.2) is 36.4 Å². The molecule has 1 nitrogen and oxygen atoms in total. The maximum atomic E-state index is 12.4. The van der Waals surface area contributed by atoms with Gasteiger partial charge in [0.05, 0.1) is 0 Å². The summed E-state index contributed by atoms with van der Waals surface area (Å²) in [6.45, 7) is 2.31. The Morgan fingerprint density at radius 3 is 1.91 bits per heavy atom. The Morgan fingerprint density at radius 1 is 0.750 bits per heavy atom. The highest BCUT2D eigenvalue weighted by atomic mass is 19.4. The summed E-state index contributed by atoms with van der Waals surface area (Å²) in [4.78, 5) is 0. The summed E-state index contributed by atoms with van der Waals surface area (Å²) >= 11 is 0. The van der Waals surface area contributed by atoms with Crippen molar-refractivity contribution >= 4 is 10.8 Å². The molecule has 2 fully saturated rings. The van der Waals surface area contributed by atoms with Gasteiger partial charge in [0, 0.05) is 0 Å². The smallest absolute Gasteiger partial charge is 0.406 e. The second kappa shape index (κ2) is 10.5. The minimum atomic E-state index is -4.65. The molecular formula is C28H37F3O. The summed E-state index contributed by atoms with van der Waals surface area (Å²) < 4.78 is 41.3. The monoisotopic (exact) mass is 446 g/mol. The maximum absolute atomic E-state index is 12.4. The van der Waals surface area contributed by atoms with Crippen molar-refractivity contribution in [3.8, 4) is 5.75 Å². The van der Waals surface area contributed by atoms with Crippen LogP contribution in [-0.4, -0.2) is 6.36 Å². The molecule has 0 saturated heterocycles. The fraction of sp³-hybridized carbons (Fsp3) is 0.643. The van der Waals surface area contributed by atoms with Crippen molar-refractivity contribution in [2.24, 2.45) is 23.7 Å². The molecule has 2 aliphatic rings. The highest BCUT2D eigenvalue weighted by Gasteiger charge is 2.31. The van der Waals surface area contributed by atoms with Crippen molar-refractivity contribution in [3.05, 3.63) is 42.0 Å². The molecule has 2 aromatic carbocycles. The van der Waals surface area contributed by atoms with Crippen molar-refractivity contribution in [2.75, 3.05) is 0 Å². The van der Waals surface area contributed by atoms with Gasteiger partial charge < -0.3 is 4.74 Å². The van der Waals surface area contributed by atoms with E-state index in [1.165, 1.54) is 88.3 Å². The normalized spacial score (nSPS) is 26.9. The van der Waals surface area contributed by atoms with E-state index in [0.29, 0.717) is 0 Å². The van der Waals surface area contributed by atoms with Crippen LogP contribution in [0, 0.1) is 23.7 Å². The third-order valence-electron chi connectivity index (χ3n) is 8.10. The van der Waals surface area contributed by atoms with Crippen LogP contribution in [0.3, 0.4) is 0 Å². The van der Waals surface area contributed by atoms with E-state index in [0.717, 1.165) is 40.9 Å². The zero-order valence-corrected chi connectivity index (χ0v) is 19.3. The van der Waals surface area contributed by atoms with Gasteiger partial charge in [-0.05, 0) is 90.7 Å². The molecular weight excluding hydrogens is 409 g/mol. The van der Waals surface area contributed by atoms with Crippen LogP contribution in [0.5, 0.6) is 5.75 Å². The molecule has 0 atom stereocenters. The summed E-state index contributed by atoms with van der Waals surface area (Å²) in [5.41, 5.74) is 1.28. The highest BCUT2D eigenvalue weighted by molar-refractivity contribution is 5.84. The fourth-order valence-corrected chi connectivity index (χ4v) is 6.30. The summed E-state index contributed by atoms with van der Waals surface area (Å²) in [6.07, 6.45) is 11.8. The molecule has 2 aromatic rings. The van der Waals surface area contributed by atoms with E-state index in [1.807, 2.05) is 6.07 Å². The van der Waals surface area contributed by atoms with Crippen LogP contribution in [-0.2, 0) is 6.42 Å². The van der Waals surface area contributed by atoms with Gasteiger partial charge in [0.2, 0.25) is 0 Å². The van der Waals surface area contributed by atoms with Crippen molar-refractivity contribution in [3.63, 3.8) is 0 Å². The topological polar surface area (TPSA) is 9.23 Å². The van der Waals surface area contributed by atoms with Gasteiger partial charge in [0.1, 0.15) is 5.75 Å². The molecule has 0 N–H and O–H groups in total. The SMILES string of the molecule is CCC[C@H]1CC[C@H]([C@H]2CC[C@H](CCc3ccc4cc(OC(F)(F)F)ccc4c3)CC2)CC1. The average molecular weight is 447 g/mol. The van der Waals surface area contributed by atoms with E-state index in [9.17, 15) is 13.2 Å². The Hall–Kier alpha value is -1.71. The van der Waals surface area contributed by atoms with E-state index >= 15 is 0 Å². The predicted octanol–water partition coefficient (Wildman–Crippen LogP) is 9.08. The number of alkyl halides is 3. The average Bonchev–Trinajstić information content (AvgIpc) is 2.78. The van der Waals surface area contributed by atoms with E-state index in [1.54, 1.807) is 6.07 Å². The first kappa shape index (κ1) is 23.4. The Kier molecular flexibility index (Phi) is 7.68. The van der Waals surface area contributed by atoms with Crippen LogP contribution >= 0.6 is 0 Å². The van der Waals surface area contributed by atoms with Crippen LogP contribution in [0.25, 0.3) is 10.8 Å². The van der Waals surface area contributed by atoms with Gasteiger partial charge in [-0.2, -0.15) is 0 Å². The summed E-state index contributed by atoms with van der Waals surface area (Å²) in [5, 5.41) is 1.75. The largest absolute Gasteiger partial charge is 0.573 e. The first-order chi connectivity index (χ1) is 15.4. The molecule has 4 rings (SSSR count). The van der Waals surface area contributed by atoms with Gasteiger partial charge in [-0.3, -0.25) is 0 Å². The van der Waals surface area contributed by atoms with Gasteiger partial charge in [-0.15, -0.1) is 13.2 Å². The molecule has 0 bridgehead atoms. The number of ether oxygens (including phenoxy) is 1. The Labute approximate surface area is 190 Å². The van der Waals surface area contributed by atoms with E-state index in [2.05, 4.69) is 23.8 Å². The van der Waals surface area contributed by atoms with Crippen molar-refractivity contribution in [1.29, 1.82) is 0 Å². The zero-order valence-electron chi connectivity index (χ0n) is 19.3. The zero-order chi connectivity index (χ0) is 22.6. The molecule has 32 heavy (non-hydrogen) atoms. The number of halogens is 3. The summed E-state index contributed by atoms with van der Waals surface area (Å²) in [5.74, 6) is 3.60. The van der Waals surface area contributed by atoms with E-state index < -0.39 is 6.36 Å². The Morgan fingerprint density at radius 2 is 1.31 bits per heavy atom. The lowest BCUT2D eigenvalue weighted by Crippen LogP contribution is -2.26. The first-order valence-electron chi connectivity index (χ1n) is 12.7. The number of rotatable bonds is 7. The number of aryl methyl sites for hydroxylation is 1. The fourth-order valence-electron chi connectivity index (χ4n) is 6.30. The molecule has 176 valence electrons. The standard InChI is InChI=1S/C28H37F3O/c1-2-3-20-6-11-23(12-7-20)24-13-8-21(9-14-24)4-5-22-10-15-26-19-27(32-28(29,30)31)17-16-25(26)18-22/h10,15-21,23-24H,2-9,11-14H2,1H3/t20-,21-,23-,24-. The number of benzene rings is 2. The van der Waals surface area contributed by atoms with Gasteiger partial charge in [0.25, 0.3) is 0 Å². The van der Waals surface area contributed by atoms with Crippen LogP contribution < -0.4 is 4.74 Å². The van der Waals surface area contributed by atoms with Crippen molar-refractivity contribution < 1.29 is 17.9 Å². The van der Waals surface area contributed by atoms with Crippen LogP contribution in [0.1, 0.15) is 83.1 Å². The molecule has 0 aliphatic heterocycles. The second-order valence-corrected chi connectivity index (χ2v) is 10.3. The van der Waals surface area contributed by atoms with Gasteiger partial charge in [-0.25, -0.2) is 0 Å². The third-order valence-corrected chi connectivity index (χ3v) is 8.10. The minimum Gasteiger partial charge on any atom is -0.406 e. The molecule has 0 heterocycles. The molecule has 0 radical (unpaired) electrons. The molecule has 0 unspecified atom stereocenters. The molecule has 2 aliphatic carbocycles. The summed E-state index contributed by atoms with van der Waals surface area (Å²) in [6, 6.07) is 10.7. The van der Waals surface area contributed by atoms with Crippen LogP contribution in [0.4, 0.5) is 13.2 Å². The molecule has 0 aromatic heterocycles. The first-order valence-corrected chi connectivity index (χ1v) is 12.7.